The van der Waals surface area contributed by atoms with Gasteiger partial charge in [-0.25, -0.2) is 0 Å². The number of H-pyrrole nitrogens is 1. The zero-order valence-electron chi connectivity index (χ0n) is 15.6. The van der Waals surface area contributed by atoms with Gasteiger partial charge in [-0.2, -0.15) is 0 Å². The van der Waals surface area contributed by atoms with E-state index in [9.17, 15) is 0 Å². The molecule has 25 heavy (non-hydrogen) atoms. The van der Waals surface area contributed by atoms with E-state index in [1.165, 1.54) is 60.8 Å². The first kappa shape index (κ1) is 16.5. The first-order valence-electron chi connectivity index (χ1n) is 9.73. The molecule has 1 aromatic heterocycles. The lowest BCUT2D eigenvalue weighted by Crippen LogP contribution is -2.41. The fourth-order valence-electron chi connectivity index (χ4n) is 4.94. The summed E-state index contributed by atoms with van der Waals surface area (Å²) in [5.41, 5.74) is 4.53. The molecule has 0 unspecified atom stereocenters. The lowest BCUT2D eigenvalue weighted by molar-refractivity contribution is 0.309. The summed E-state index contributed by atoms with van der Waals surface area (Å²) in [6.45, 7) is 5.46. The Bertz CT molecular complexity index is 767. The molecular formula is C21H30N4. The van der Waals surface area contributed by atoms with Crippen molar-refractivity contribution in [1.29, 1.82) is 0 Å². The zero-order chi connectivity index (χ0) is 17.3. The van der Waals surface area contributed by atoms with E-state index in [4.69, 9.17) is 0 Å². The van der Waals surface area contributed by atoms with E-state index in [0.717, 1.165) is 25.5 Å². The molecule has 2 N–H and O–H groups in total. The predicted molar refractivity (Wildman–Crippen MR) is 105 cm³/mol. The lowest BCUT2D eigenvalue weighted by atomic mass is 9.86. The molecule has 0 bridgehead atoms. The minimum Gasteiger partial charge on any atom is -0.358 e. The summed E-state index contributed by atoms with van der Waals surface area (Å²) in [6, 6.07) is 8.59. The Labute approximate surface area is 150 Å². The van der Waals surface area contributed by atoms with Crippen LogP contribution in [0, 0.1) is 12.3 Å². The highest BCUT2D eigenvalue weighted by Crippen LogP contribution is 2.45. The third kappa shape index (κ3) is 3.14. The average Bonchev–Trinajstić information content (AvgIpc) is 3.33. The maximum atomic E-state index is 4.55. The fourth-order valence-corrected chi connectivity index (χ4v) is 4.94. The maximum absolute atomic E-state index is 4.55. The van der Waals surface area contributed by atoms with Crippen LogP contribution in [0.25, 0.3) is 10.9 Å². The van der Waals surface area contributed by atoms with Gasteiger partial charge in [0.1, 0.15) is 0 Å². The Morgan fingerprint density at radius 3 is 2.84 bits per heavy atom. The van der Waals surface area contributed by atoms with Gasteiger partial charge in [-0.1, -0.05) is 31.0 Å². The van der Waals surface area contributed by atoms with Crippen LogP contribution >= 0.6 is 0 Å². The highest BCUT2D eigenvalue weighted by Gasteiger charge is 2.40. The van der Waals surface area contributed by atoms with Gasteiger partial charge in [-0.05, 0) is 49.7 Å². The molecule has 0 radical (unpaired) electrons. The number of nitrogens with zero attached hydrogens (tertiary/aromatic N) is 2. The number of rotatable bonds is 3. The molecule has 4 rings (SSSR count). The highest BCUT2D eigenvalue weighted by molar-refractivity contribution is 5.85. The molecule has 4 nitrogen and oxygen atoms in total. The molecule has 1 spiro atoms. The molecule has 2 aliphatic rings. The third-order valence-corrected chi connectivity index (χ3v) is 6.30. The molecule has 1 aromatic carbocycles. The molecule has 2 heterocycles. The fraction of sp³-hybridized carbons (Fsp3) is 0.571. The topological polar surface area (TPSA) is 43.4 Å². The van der Waals surface area contributed by atoms with Crippen molar-refractivity contribution in [3.05, 3.63) is 35.5 Å². The van der Waals surface area contributed by atoms with Gasteiger partial charge in [0.15, 0.2) is 5.96 Å². The van der Waals surface area contributed by atoms with Crippen molar-refractivity contribution in [3.63, 3.8) is 0 Å². The van der Waals surface area contributed by atoms with Gasteiger partial charge in [0.2, 0.25) is 0 Å². The molecule has 1 aliphatic carbocycles. The second kappa shape index (κ2) is 6.74. The number of hydrogen-bond donors (Lipinski definition) is 2. The van der Waals surface area contributed by atoms with E-state index in [0.29, 0.717) is 5.41 Å². The third-order valence-electron chi connectivity index (χ3n) is 6.30. The van der Waals surface area contributed by atoms with Crippen LogP contribution in [0.15, 0.2) is 29.3 Å². The van der Waals surface area contributed by atoms with E-state index in [-0.39, 0.29) is 0 Å². The number of aromatic nitrogens is 1. The van der Waals surface area contributed by atoms with Gasteiger partial charge < -0.3 is 15.2 Å². The van der Waals surface area contributed by atoms with Crippen molar-refractivity contribution in [2.24, 2.45) is 10.4 Å². The van der Waals surface area contributed by atoms with Crippen LogP contribution in [-0.2, 0) is 6.42 Å². The van der Waals surface area contributed by atoms with Crippen molar-refractivity contribution in [1.82, 2.24) is 15.2 Å². The van der Waals surface area contributed by atoms with Gasteiger partial charge in [0.25, 0.3) is 0 Å². The summed E-state index contributed by atoms with van der Waals surface area (Å²) < 4.78 is 0. The Hall–Kier alpha value is -1.97. The monoisotopic (exact) mass is 338 g/mol. The van der Waals surface area contributed by atoms with Crippen molar-refractivity contribution >= 4 is 16.9 Å². The SMILES string of the molecule is CN=C(NCCc1c(C)[nH]c2ccccc12)N1CCC2(CCCC2)C1. The number of fused-ring (bicyclic) bond motifs is 1. The van der Waals surface area contributed by atoms with Crippen molar-refractivity contribution in [3.8, 4) is 0 Å². The number of nitrogens with one attached hydrogen (secondary N) is 2. The molecule has 0 atom stereocenters. The minimum absolute atomic E-state index is 0.588. The average molecular weight is 338 g/mol. The van der Waals surface area contributed by atoms with Crippen LogP contribution < -0.4 is 5.32 Å². The molecule has 1 aliphatic heterocycles. The number of benzene rings is 1. The van der Waals surface area contributed by atoms with Crippen molar-refractivity contribution < 1.29 is 0 Å². The van der Waals surface area contributed by atoms with E-state index in [1.54, 1.807) is 0 Å². The Morgan fingerprint density at radius 1 is 1.24 bits per heavy atom. The van der Waals surface area contributed by atoms with Gasteiger partial charge in [-0.3, -0.25) is 4.99 Å². The van der Waals surface area contributed by atoms with Crippen LogP contribution in [0.1, 0.15) is 43.4 Å². The Morgan fingerprint density at radius 2 is 2.04 bits per heavy atom. The summed E-state index contributed by atoms with van der Waals surface area (Å²) in [5, 5.41) is 4.96. The maximum Gasteiger partial charge on any atom is 0.193 e. The van der Waals surface area contributed by atoms with Crippen LogP contribution in [-0.4, -0.2) is 42.5 Å². The van der Waals surface area contributed by atoms with E-state index in [1.807, 2.05) is 7.05 Å². The number of likely N-dealkylation sites (tertiary alicyclic amines) is 1. The molecule has 0 amide bonds. The number of aliphatic imine (C=N–C) groups is 1. The first-order valence-corrected chi connectivity index (χ1v) is 9.73. The van der Waals surface area contributed by atoms with Crippen LogP contribution in [0.4, 0.5) is 0 Å². The summed E-state index contributed by atoms with van der Waals surface area (Å²) in [4.78, 5) is 10.5. The van der Waals surface area contributed by atoms with E-state index >= 15 is 0 Å². The number of aromatic amines is 1. The summed E-state index contributed by atoms with van der Waals surface area (Å²) in [7, 11) is 1.92. The lowest BCUT2D eigenvalue weighted by Gasteiger charge is -2.26. The molecule has 1 saturated heterocycles. The molecule has 2 fully saturated rings. The smallest absolute Gasteiger partial charge is 0.193 e. The second-order valence-electron chi connectivity index (χ2n) is 7.88. The van der Waals surface area contributed by atoms with Crippen molar-refractivity contribution in [2.75, 3.05) is 26.7 Å². The number of guanidine groups is 1. The van der Waals surface area contributed by atoms with Gasteiger partial charge >= 0.3 is 0 Å². The van der Waals surface area contributed by atoms with E-state index < -0.39 is 0 Å². The summed E-state index contributed by atoms with van der Waals surface area (Å²) in [6.07, 6.45) is 8.02. The van der Waals surface area contributed by atoms with Gasteiger partial charge in [0, 0.05) is 43.3 Å². The minimum atomic E-state index is 0.588. The normalized spacial score (nSPS) is 20.1. The quantitative estimate of drug-likeness (QED) is 0.659. The standard InChI is InChI=1S/C21H30N4/c1-16-17(18-7-3-4-8-19(18)24-16)9-13-23-20(22-2)25-14-12-21(15-25)10-5-6-11-21/h3-4,7-8,24H,5-6,9-15H2,1-2H3,(H,22,23). The Kier molecular flexibility index (Phi) is 4.45. The highest BCUT2D eigenvalue weighted by atomic mass is 15.3. The van der Waals surface area contributed by atoms with E-state index in [2.05, 4.69) is 51.4 Å². The summed E-state index contributed by atoms with van der Waals surface area (Å²) in [5.74, 6) is 1.08. The molecule has 2 aromatic rings. The summed E-state index contributed by atoms with van der Waals surface area (Å²) >= 11 is 0. The van der Waals surface area contributed by atoms with Gasteiger partial charge in [-0.15, -0.1) is 0 Å². The predicted octanol–water partition coefficient (Wildman–Crippen LogP) is 3.86. The molecule has 4 heteroatoms. The first-order chi connectivity index (χ1) is 12.2. The largest absolute Gasteiger partial charge is 0.358 e. The molecule has 1 saturated carbocycles. The molecular weight excluding hydrogens is 308 g/mol. The zero-order valence-corrected chi connectivity index (χ0v) is 15.6. The van der Waals surface area contributed by atoms with Crippen LogP contribution in [0.5, 0.6) is 0 Å². The van der Waals surface area contributed by atoms with Gasteiger partial charge in [0.05, 0.1) is 0 Å². The Balaban J connectivity index is 1.38. The van der Waals surface area contributed by atoms with Crippen LogP contribution in [0.3, 0.4) is 0 Å². The number of aryl methyl sites for hydroxylation is 1. The number of para-hydroxylation sites is 1. The van der Waals surface area contributed by atoms with Crippen molar-refractivity contribution in [2.45, 2.75) is 45.4 Å². The molecule has 134 valence electrons. The number of hydrogen-bond acceptors (Lipinski definition) is 1. The van der Waals surface area contributed by atoms with Crippen LogP contribution in [0.2, 0.25) is 0 Å². The second-order valence-corrected chi connectivity index (χ2v) is 7.88.